The summed E-state index contributed by atoms with van der Waals surface area (Å²) in [5.74, 6) is -1.74. The van der Waals surface area contributed by atoms with Crippen LogP contribution in [0.3, 0.4) is 0 Å². The molecule has 1 rings (SSSR count). The Morgan fingerprint density at radius 2 is 1.90 bits per heavy atom. The van der Waals surface area contributed by atoms with Gasteiger partial charge in [-0.1, -0.05) is 12.1 Å². The Morgan fingerprint density at radius 1 is 1.25 bits per heavy atom. The molecule has 7 heteroatoms. The molecule has 2 atom stereocenters. The number of methoxy groups -OCH3 is 2. The smallest absolute Gasteiger partial charge is 0.337 e. The fourth-order valence-electron chi connectivity index (χ4n) is 1.69. The van der Waals surface area contributed by atoms with E-state index in [-0.39, 0.29) is 17.7 Å². The number of hydrogen-bond donors (Lipinski definition) is 3. The highest BCUT2D eigenvalue weighted by molar-refractivity contribution is 5.75. The molecule has 0 bridgehead atoms. The number of ether oxygens (including phenoxy) is 2. The molecule has 0 aliphatic carbocycles. The SMILES string of the molecule is COC(=O)C(O)C(O)c1ccc(CC(=O)O)c(OC)c1. The quantitative estimate of drug-likeness (QED) is 0.624. The number of carboxylic acids is 1. The molecule has 0 radical (unpaired) electrons. The van der Waals surface area contributed by atoms with Crippen LogP contribution in [-0.2, 0) is 20.7 Å². The molecule has 110 valence electrons. The number of aliphatic carboxylic acids is 1. The molecule has 1 aromatic carbocycles. The Balaban J connectivity index is 3.03. The number of benzene rings is 1. The molecular formula is C13H16O7. The van der Waals surface area contributed by atoms with E-state index in [1.54, 1.807) is 0 Å². The molecule has 0 aliphatic rings. The molecule has 0 aromatic heterocycles. The lowest BCUT2D eigenvalue weighted by molar-refractivity contribution is -0.156. The van der Waals surface area contributed by atoms with Gasteiger partial charge in [0.1, 0.15) is 11.9 Å². The Bertz CT molecular complexity index is 497. The summed E-state index contributed by atoms with van der Waals surface area (Å²) in [5, 5.41) is 28.2. The van der Waals surface area contributed by atoms with Crippen LogP contribution in [0.1, 0.15) is 17.2 Å². The van der Waals surface area contributed by atoms with Crippen molar-refractivity contribution in [1.29, 1.82) is 0 Å². The van der Waals surface area contributed by atoms with Crippen molar-refractivity contribution in [1.82, 2.24) is 0 Å². The second kappa shape index (κ2) is 6.88. The van der Waals surface area contributed by atoms with Gasteiger partial charge in [0.15, 0.2) is 6.10 Å². The number of aliphatic hydroxyl groups excluding tert-OH is 2. The summed E-state index contributed by atoms with van der Waals surface area (Å²) in [5.41, 5.74) is 0.636. The second-order valence-corrected chi connectivity index (χ2v) is 4.05. The molecule has 0 spiro atoms. The van der Waals surface area contributed by atoms with Crippen molar-refractivity contribution >= 4 is 11.9 Å². The molecule has 0 amide bonds. The molecule has 3 N–H and O–H groups in total. The predicted molar refractivity (Wildman–Crippen MR) is 67.3 cm³/mol. The van der Waals surface area contributed by atoms with Crippen LogP contribution in [0, 0.1) is 0 Å². The maximum Gasteiger partial charge on any atom is 0.337 e. The van der Waals surface area contributed by atoms with Crippen LogP contribution in [0.25, 0.3) is 0 Å². The van der Waals surface area contributed by atoms with Gasteiger partial charge < -0.3 is 24.8 Å². The van der Waals surface area contributed by atoms with Gasteiger partial charge in [0, 0.05) is 5.56 Å². The first-order valence-corrected chi connectivity index (χ1v) is 5.73. The van der Waals surface area contributed by atoms with Crippen molar-refractivity contribution < 1.29 is 34.4 Å². The fourth-order valence-corrected chi connectivity index (χ4v) is 1.69. The zero-order valence-corrected chi connectivity index (χ0v) is 11.1. The first kappa shape index (κ1) is 15.9. The summed E-state index contributed by atoms with van der Waals surface area (Å²) >= 11 is 0. The summed E-state index contributed by atoms with van der Waals surface area (Å²) in [7, 11) is 2.45. The number of esters is 1. The molecule has 7 nitrogen and oxygen atoms in total. The highest BCUT2D eigenvalue weighted by atomic mass is 16.5. The van der Waals surface area contributed by atoms with E-state index in [9.17, 15) is 19.8 Å². The largest absolute Gasteiger partial charge is 0.496 e. The predicted octanol–water partition coefficient (Wildman–Crippen LogP) is -0.110. The molecule has 1 aromatic rings. The molecule has 20 heavy (non-hydrogen) atoms. The molecule has 0 saturated carbocycles. The lowest BCUT2D eigenvalue weighted by Crippen LogP contribution is -2.29. The Morgan fingerprint density at radius 3 is 2.40 bits per heavy atom. The zero-order chi connectivity index (χ0) is 15.3. The number of hydrogen-bond acceptors (Lipinski definition) is 6. The van der Waals surface area contributed by atoms with Gasteiger partial charge in [0.05, 0.1) is 20.6 Å². The van der Waals surface area contributed by atoms with E-state index >= 15 is 0 Å². The van der Waals surface area contributed by atoms with E-state index in [0.717, 1.165) is 7.11 Å². The normalized spacial score (nSPS) is 13.4. The van der Waals surface area contributed by atoms with Gasteiger partial charge in [-0.05, 0) is 11.6 Å². The number of carbonyl (C=O) groups is 2. The number of carbonyl (C=O) groups excluding carboxylic acids is 1. The average Bonchev–Trinajstić information content (AvgIpc) is 2.44. The summed E-state index contributed by atoms with van der Waals surface area (Å²) in [6.45, 7) is 0. The number of carboxylic acid groups (broad SMARTS) is 1. The summed E-state index contributed by atoms with van der Waals surface area (Å²) in [6, 6.07) is 4.24. The van der Waals surface area contributed by atoms with Gasteiger partial charge in [0.25, 0.3) is 0 Å². The van der Waals surface area contributed by atoms with Gasteiger partial charge >= 0.3 is 11.9 Å². The van der Waals surface area contributed by atoms with Crippen LogP contribution < -0.4 is 4.74 Å². The minimum Gasteiger partial charge on any atom is -0.496 e. The lowest BCUT2D eigenvalue weighted by atomic mass is 10.0. The Labute approximate surface area is 115 Å². The average molecular weight is 284 g/mol. The number of rotatable bonds is 6. The monoisotopic (exact) mass is 284 g/mol. The van der Waals surface area contributed by atoms with Crippen LogP contribution in [-0.4, -0.2) is 47.6 Å². The van der Waals surface area contributed by atoms with Crippen molar-refractivity contribution in [3.63, 3.8) is 0 Å². The molecular weight excluding hydrogens is 268 g/mol. The summed E-state index contributed by atoms with van der Waals surface area (Å²) in [4.78, 5) is 21.8. The third kappa shape index (κ3) is 3.69. The molecule has 0 heterocycles. The van der Waals surface area contributed by atoms with Gasteiger partial charge in [-0.15, -0.1) is 0 Å². The van der Waals surface area contributed by atoms with Gasteiger partial charge in [0.2, 0.25) is 0 Å². The minimum absolute atomic E-state index is 0.217. The first-order chi connectivity index (χ1) is 9.40. The maximum atomic E-state index is 11.2. The van der Waals surface area contributed by atoms with Crippen molar-refractivity contribution in [2.45, 2.75) is 18.6 Å². The third-order valence-corrected chi connectivity index (χ3v) is 2.74. The summed E-state index contributed by atoms with van der Waals surface area (Å²) in [6.07, 6.45) is -3.45. The van der Waals surface area contributed by atoms with Crippen LogP contribution in [0.4, 0.5) is 0 Å². The topological polar surface area (TPSA) is 113 Å². The van der Waals surface area contributed by atoms with Crippen LogP contribution in [0.5, 0.6) is 5.75 Å². The van der Waals surface area contributed by atoms with E-state index in [2.05, 4.69) is 4.74 Å². The second-order valence-electron chi connectivity index (χ2n) is 4.05. The third-order valence-electron chi connectivity index (χ3n) is 2.74. The standard InChI is InChI=1S/C13H16O7/c1-19-9-5-8(4-3-7(9)6-10(14)15)11(16)12(17)13(18)20-2/h3-5,11-12,16-17H,6H2,1-2H3,(H,14,15). The maximum absolute atomic E-state index is 11.2. The summed E-state index contributed by atoms with van der Waals surface area (Å²) < 4.78 is 9.36. The highest BCUT2D eigenvalue weighted by Crippen LogP contribution is 2.26. The van der Waals surface area contributed by atoms with Crippen LogP contribution in [0.2, 0.25) is 0 Å². The Hall–Kier alpha value is -2.12. The van der Waals surface area contributed by atoms with E-state index in [0.29, 0.717) is 5.56 Å². The minimum atomic E-state index is -1.73. The van der Waals surface area contributed by atoms with Crippen LogP contribution >= 0.6 is 0 Å². The van der Waals surface area contributed by atoms with Crippen molar-refractivity contribution in [2.24, 2.45) is 0 Å². The number of aliphatic hydroxyl groups is 2. The van der Waals surface area contributed by atoms with E-state index < -0.39 is 24.1 Å². The van der Waals surface area contributed by atoms with E-state index in [1.165, 1.54) is 25.3 Å². The van der Waals surface area contributed by atoms with Crippen molar-refractivity contribution in [3.8, 4) is 5.75 Å². The Kier molecular flexibility index (Phi) is 5.48. The van der Waals surface area contributed by atoms with Crippen molar-refractivity contribution in [3.05, 3.63) is 29.3 Å². The van der Waals surface area contributed by atoms with Crippen molar-refractivity contribution in [2.75, 3.05) is 14.2 Å². The van der Waals surface area contributed by atoms with Gasteiger partial charge in [-0.25, -0.2) is 4.79 Å². The van der Waals surface area contributed by atoms with Gasteiger partial charge in [-0.2, -0.15) is 0 Å². The molecule has 0 aliphatic heterocycles. The van der Waals surface area contributed by atoms with E-state index in [1.807, 2.05) is 0 Å². The highest BCUT2D eigenvalue weighted by Gasteiger charge is 2.27. The van der Waals surface area contributed by atoms with Crippen LogP contribution in [0.15, 0.2) is 18.2 Å². The fraction of sp³-hybridized carbons (Fsp3) is 0.385. The molecule has 2 unspecified atom stereocenters. The molecule has 0 fully saturated rings. The lowest BCUT2D eigenvalue weighted by Gasteiger charge is -2.17. The first-order valence-electron chi connectivity index (χ1n) is 5.73. The van der Waals surface area contributed by atoms with Gasteiger partial charge in [-0.3, -0.25) is 4.79 Å². The molecule has 0 saturated heterocycles. The zero-order valence-electron chi connectivity index (χ0n) is 11.1. The van der Waals surface area contributed by atoms with E-state index in [4.69, 9.17) is 9.84 Å².